The number of carbonyl (C=O) groups is 2. The first-order chi connectivity index (χ1) is 10.1. The predicted octanol–water partition coefficient (Wildman–Crippen LogP) is 3.65. The van der Waals surface area contributed by atoms with E-state index in [0.29, 0.717) is 11.3 Å². The quantitative estimate of drug-likeness (QED) is 0.542. The van der Waals surface area contributed by atoms with E-state index < -0.39 is 5.97 Å². The Bertz CT molecular complexity index is 463. The highest BCUT2D eigenvalue weighted by atomic mass is 16.5. The maximum atomic E-state index is 12.7. The molecule has 0 saturated heterocycles. The predicted molar refractivity (Wildman–Crippen MR) is 83.5 cm³/mol. The maximum absolute atomic E-state index is 12.7. The lowest BCUT2D eigenvalue weighted by Gasteiger charge is -2.23. The minimum absolute atomic E-state index is 0.0613. The van der Waals surface area contributed by atoms with Crippen molar-refractivity contribution in [1.29, 1.82) is 0 Å². The molecule has 0 aliphatic rings. The number of amides is 1. The van der Waals surface area contributed by atoms with Crippen molar-refractivity contribution in [2.24, 2.45) is 0 Å². The highest BCUT2D eigenvalue weighted by Crippen LogP contribution is 2.20. The van der Waals surface area contributed by atoms with E-state index in [1.807, 2.05) is 4.90 Å². The summed E-state index contributed by atoms with van der Waals surface area (Å²) in [5, 5.41) is 0. The van der Waals surface area contributed by atoms with Crippen molar-refractivity contribution in [3.63, 3.8) is 0 Å². The molecule has 116 valence electrons. The monoisotopic (exact) mass is 291 g/mol. The summed E-state index contributed by atoms with van der Waals surface area (Å²) in [6.45, 7) is 7.03. The van der Waals surface area contributed by atoms with Crippen LogP contribution in [0.5, 0.6) is 5.75 Å². The van der Waals surface area contributed by atoms with Gasteiger partial charge in [0.2, 0.25) is 0 Å². The number of hydrogen-bond donors (Lipinski definition) is 0. The van der Waals surface area contributed by atoms with E-state index in [4.69, 9.17) is 4.74 Å². The van der Waals surface area contributed by atoms with Gasteiger partial charge >= 0.3 is 5.97 Å². The molecule has 0 radical (unpaired) electrons. The molecule has 1 amide bonds. The molecule has 1 aromatic carbocycles. The van der Waals surface area contributed by atoms with Crippen LogP contribution in [0.2, 0.25) is 0 Å². The Hall–Kier alpha value is -1.84. The molecule has 4 nitrogen and oxygen atoms in total. The number of esters is 1. The third-order valence-electron chi connectivity index (χ3n) is 3.22. The number of benzene rings is 1. The number of unbranched alkanes of at least 4 members (excludes halogenated alkanes) is 2. The molecule has 0 spiro atoms. The van der Waals surface area contributed by atoms with Gasteiger partial charge in [0.15, 0.2) is 0 Å². The van der Waals surface area contributed by atoms with Crippen molar-refractivity contribution in [1.82, 2.24) is 4.90 Å². The summed E-state index contributed by atoms with van der Waals surface area (Å²) in [7, 11) is 0. The lowest BCUT2D eigenvalue weighted by atomic mass is 10.1. The largest absolute Gasteiger partial charge is 0.426 e. The molecule has 1 aromatic rings. The number of nitrogens with zero attached hydrogens (tertiary/aromatic N) is 1. The molecule has 1 rings (SSSR count). The van der Waals surface area contributed by atoms with Crippen LogP contribution >= 0.6 is 0 Å². The standard InChI is InChI=1S/C17H25NO3/c1-4-6-12-18(13-7-5-2)17(20)15-10-8-9-11-16(15)21-14(3)19/h8-11H,4-7,12-13H2,1-3H3. The van der Waals surface area contributed by atoms with E-state index in [1.165, 1.54) is 6.92 Å². The number of hydrogen-bond acceptors (Lipinski definition) is 3. The second-order valence-corrected chi connectivity index (χ2v) is 5.09. The van der Waals surface area contributed by atoms with E-state index >= 15 is 0 Å². The second-order valence-electron chi connectivity index (χ2n) is 5.09. The van der Waals surface area contributed by atoms with Crippen LogP contribution in [0, 0.1) is 0 Å². The van der Waals surface area contributed by atoms with E-state index in [0.717, 1.165) is 38.8 Å². The fourth-order valence-corrected chi connectivity index (χ4v) is 2.07. The lowest BCUT2D eigenvalue weighted by Crippen LogP contribution is -2.33. The van der Waals surface area contributed by atoms with Crippen LogP contribution in [0.3, 0.4) is 0 Å². The lowest BCUT2D eigenvalue weighted by molar-refractivity contribution is -0.131. The summed E-state index contributed by atoms with van der Waals surface area (Å²) in [6, 6.07) is 6.92. The zero-order valence-electron chi connectivity index (χ0n) is 13.2. The number of para-hydroxylation sites is 1. The van der Waals surface area contributed by atoms with Gasteiger partial charge in [0, 0.05) is 20.0 Å². The molecule has 4 heteroatoms. The van der Waals surface area contributed by atoms with Crippen LogP contribution in [-0.2, 0) is 4.79 Å². The van der Waals surface area contributed by atoms with Crippen LogP contribution in [0.25, 0.3) is 0 Å². The van der Waals surface area contributed by atoms with Crippen molar-refractivity contribution in [3.8, 4) is 5.75 Å². The third-order valence-corrected chi connectivity index (χ3v) is 3.22. The van der Waals surface area contributed by atoms with E-state index in [9.17, 15) is 9.59 Å². The molecule has 0 aliphatic carbocycles. The number of ether oxygens (including phenoxy) is 1. The van der Waals surface area contributed by atoms with Crippen LogP contribution in [0.15, 0.2) is 24.3 Å². The SMILES string of the molecule is CCCCN(CCCC)C(=O)c1ccccc1OC(C)=O. The Morgan fingerprint density at radius 1 is 1.05 bits per heavy atom. The molecule has 0 fully saturated rings. The van der Waals surface area contributed by atoms with Crippen LogP contribution in [0.1, 0.15) is 56.8 Å². The summed E-state index contributed by atoms with van der Waals surface area (Å²) in [4.78, 5) is 25.7. The highest BCUT2D eigenvalue weighted by molar-refractivity contribution is 5.97. The van der Waals surface area contributed by atoms with Crippen molar-refractivity contribution in [2.75, 3.05) is 13.1 Å². The summed E-state index contributed by atoms with van der Waals surface area (Å²) in [6.07, 6.45) is 4.04. The third kappa shape index (κ3) is 5.58. The Kier molecular flexibility index (Phi) is 7.51. The van der Waals surface area contributed by atoms with Crippen molar-refractivity contribution >= 4 is 11.9 Å². The van der Waals surface area contributed by atoms with Gasteiger partial charge in [-0.1, -0.05) is 38.8 Å². The smallest absolute Gasteiger partial charge is 0.308 e. The Morgan fingerprint density at radius 3 is 2.14 bits per heavy atom. The first kappa shape index (κ1) is 17.2. The Labute approximate surface area is 127 Å². The van der Waals surface area contributed by atoms with Crippen LogP contribution < -0.4 is 4.74 Å². The molecule has 0 aromatic heterocycles. The molecule has 0 atom stereocenters. The fraction of sp³-hybridized carbons (Fsp3) is 0.529. The van der Waals surface area contributed by atoms with Crippen molar-refractivity contribution in [3.05, 3.63) is 29.8 Å². The molecule has 21 heavy (non-hydrogen) atoms. The van der Waals surface area contributed by atoms with Crippen molar-refractivity contribution < 1.29 is 14.3 Å². The molecule has 0 aliphatic heterocycles. The van der Waals surface area contributed by atoms with Gasteiger partial charge in [0.25, 0.3) is 5.91 Å². The van der Waals surface area contributed by atoms with E-state index in [-0.39, 0.29) is 5.91 Å². The summed E-state index contributed by atoms with van der Waals surface area (Å²) >= 11 is 0. The average Bonchev–Trinajstić information content (AvgIpc) is 2.47. The van der Waals surface area contributed by atoms with Gasteiger partial charge in [0.05, 0.1) is 5.56 Å². The maximum Gasteiger partial charge on any atom is 0.308 e. The molecule has 0 unspecified atom stereocenters. The number of rotatable bonds is 8. The van der Waals surface area contributed by atoms with Gasteiger partial charge in [-0.15, -0.1) is 0 Å². The Morgan fingerprint density at radius 2 is 1.62 bits per heavy atom. The van der Waals surface area contributed by atoms with Crippen LogP contribution in [-0.4, -0.2) is 29.9 Å². The summed E-state index contributed by atoms with van der Waals surface area (Å²) in [5.74, 6) is -0.134. The van der Waals surface area contributed by atoms with Gasteiger partial charge in [0.1, 0.15) is 5.75 Å². The normalized spacial score (nSPS) is 10.2. The van der Waals surface area contributed by atoms with E-state index in [2.05, 4.69) is 13.8 Å². The molecule has 0 heterocycles. The molecule has 0 N–H and O–H groups in total. The molecular formula is C17H25NO3. The van der Waals surface area contributed by atoms with Gasteiger partial charge in [-0.05, 0) is 25.0 Å². The van der Waals surface area contributed by atoms with Crippen molar-refractivity contribution in [2.45, 2.75) is 46.5 Å². The highest BCUT2D eigenvalue weighted by Gasteiger charge is 2.19. The second kappa shape index (κ2) is 9.16. The van der Waals surface area contributed by atoms with Gasteiger partial charge in [-0.25, -0.2) is 0 Å². The minimum atomic E-state index is -0.413. The Balaban J connectivity index is 2.93. The summed E-state index contributed by atoms with van der Waals surface area (Å²) in [5.41, 5.74) is 0.458. The molecule has 0 saturated carbocycles. The minimum Gasteiger partial charge on any atom is -0.426 e. The molecule has 0 bridgehead atoms. The van der Waals surface area contributed by atoms with E-state index in [1.54, 1.807) is 24.3 Å². The first-order valence-corrected chi connectivity index (χ1v) is 7.66. The fourth-order valence-electron chi connectivity index (χ4n) is 2.07. The van der Waals surface area contributed by atoms with Crippen LogP contribution in [0.4, 0.5) is 0 Å². The van der Waals surface area contributed by atoms with Gasteiger partial charge in [-0.3, -0.25) is 9.59 Å². The summed E-state index contributed by atoms with van der Waals surface area (Å²) < 4.78 is 5.14. The first-order valence-electron chi connectivity index (χ1n) is 7.66. The zero-order chi connectivity index (χ0) is 15.7. The average molecular weight is 291 g/mol. The molecular weight excluding hydrogens is 266 g/mol. The number of carbonyl (C=O) groups excluding carboxylic acids is 2. The topological polar surface area (TPSA) is 46.6 Å². The zero-order valence-corrected chi connectivity index (χ0v) is 13.2. The van der Waals surface area contributed by atoms with Gasteiger partial charge < -0.3 is 9.64 Å². The van der Waals surface area contributed by atoms with Gasteiger partial charge in [-0.2, -0.15) is 0 Å².